The molecular formula is C15H15BrO3S. The third-order valence-electron chi connectivity index (χ3n) is 2.93. The third-order valence-corrected chi connectivity index (χ3v) is 4.64. The van der Waals surface area contributed by atoms with Crippen LogP contribution < -0.4 is 4.74 Å². The fourth-order valence-corrected chi connectivity index (χ4v) is 3.07. The molecule has 0 radical (unpaired) electrons. The lowest BCUT2D eigenvalue weighted by Gasteiger charge is -2.09. The highest BCUT2D eigenvalue weighted by Crippen LogP contribution is 2.26. The summed E-state index contributed by atoms with van der Waals surface area (Å²) < 4.78 is 28.7. The number of aryl methyl sites for hydroxylation is 1. The van der Waals surface area contributed by atoms with Crippen LogP contribution in [0.1, 0.15) is 11.1 Å². The van der Waals surface area contributed by atoms with Crippen LogP contribution in [0.25, 0.3) is 0 Å². The van der Waals surface area contributed by atoms with Crippen LogP contribution in [0.4, 0.5) is 0 Å². The summed E-state index contributed by atoms with van der Waals surface area (Å²) in [6.45, 7) is 2.01. The van der Waals surface area contributed by atoms with Gasteiger partial charge >= 0.3 is 0 Å². The lowest BCUT2D eigenvalue weighted by molar-refractivity contribution is 0.480. The Balaban J connectivity index is 2.29. The maximum absolute atomic E-state index is 11.5. The largest absolute Gasteiger partial charge is 0.457 e. The monoisotopic (exact) mass is 354 g/mol. The van der Waals surface area contributed by atoms with Crippen LogP contribution in [0.3, 0.4) is 0 Å². The van der Waals surface area contributed by atoms with E-state index < -0.39 is 9.84 Å². The van der Waals surface area contributed by atoms with Crippen LogP contribution in [-0.4, -0.2) is 14.7 Å². The zero-order chi connectivity index (χ0) is 14.8. The van der Waals surface area contributed by atoms with E-state index >= 15 is 0 Å². The van der Waals surface area contributed by atoms with E-state index in [1.807, 2.05) is 25.1 Å². The first-order valence-electron chi connectivity index (χ1n) is 6.03. The Labute approximate surface area is 127 Å². The zero-order valence-electron chi connectivity index (χ0n) is 11.3. The first-order chi connectivity index (χ1) is 9.40. The van der Waals surface area contributed by atoms with Gasteiger partial charge in [0.25, 0.3) is 0 Å². The summed E-state index contributed by atoms with van der Waals surface area (Å²) in [7, 11) is -3.22. The number of alkyl halides is 1. The number of sulfone groups is 1. The van der Waals surface area contributed by atoms with Crippen molar-refractivity contribution in [3.63, 3.8) is 0 Å². The van der Waals surface area contributed by atoms with Gasteiger partial charge in [-0.05, 0) is 48.4 Å². The van der Waals surface area contributed by atoms with E-state index in [2.05, 4.69) is 15.9 Å². The summed E-state index contributed by atoms with van der Waals surface area (Å²) in [5.41, 5.74) is 2.32. The number of hydrogen-bond acceptors (Lipinski definition) is 3. The highest BCUT2D eigenvalue weighted by molar-refractivity contribution is 9.08. The van der Waals surface area contributed by atoms with E-state index in [9.17, 15) is 8.42 Å². The lowest BCUT2D eigenvalue weighted by atomic mass is 10.1. The molecule has 0 aliphatic rings. The molecule has 0 unspecified atom stereocenters. The van der Waals surface area contributed by atoms with E-state index in [0.717, 1.165) is 10.9 Å². The first-order valence-corrected chi connectivity index (χ1v) is 9.05. The molecule has 5 heteroatoms. The van der Waals surface area contributed by atoms with Crippen LogP contribution in [0.5, 0.6) is 11.5 Å². The van der Waals surface area contributed by atoms with E-state index in [-0.39, 0.29) is 4.90 Å². The predicted molar refractivity (Wildman–Crippen MR) is 83.4 cm³/mol. The molecule has 0 saturated carbocycles. The highest BCUT2D eigenvalue weighted by atomic mass is 79.9. The van der Waals surface area contributed by atoms with Crippen LogP contribution in [-0.2, 0) is 15.2 Å². The Bertz CT molecular complexity index is 724. The Kier molecular flexibility index (Phi) is 4.50. The van der Waals surface area contributed by atoms with Gasteiger partial charge in [-0.15, -0.1) is 0 Å². The molecule has 0 aromatic heterocycles. The van der Waals surface area contributed by atoms with Crippen LogP contribution in [0, 0.1) is 6.92 Å². The van der Waals surface area contributed by atoms with Crippen molar-refractivity contribution in [1.29, 1.82) is 0 Å². The molecule has 0 N–H and O–H groups in total. The molecule has 0 aliphatic heterocycles. The summed E-state index contributed by atoms with van der Waals surface area (Å²) in [6.07, 6.45) is 1.18. The third kappa shape index (κ3) is 3.61. The minimum absolute atomic E-state index is 0.254. The topological polar surface area (TPSA) is 43.4 Å². The van der Waals surface area contributed by atoms with Crippen molar-refractivity contribution in [2.75, 3.05) is 6.26 Å². The number of hydrogen-bond donors (Lipinski definition) is 0. The number of rotatable bonds is 4. The smallest absolute Gasteiger partial charge is 0.175 e. The molecular weight excluding hydrogens is 340 g/mol. The number of halogens is 1. The number of ether oxygens (including phenoxy) is 1. The lowest BCUT2D eigenvalue weighted by Crippen LogP contribution is -1.97. The minimum atomic E-state index is -3.22. The second-order valence-corrected chi connectivity index (χ2v) is 7.15. The Hall–Kier alpha value is -1.33. The molecule has 0 atom stereocenters. The molecule has 0 fully saturated rings. The predicted octanol–water partition coefficient (Wildman–Crippen LogP) is 4.09. The molecule has 2 rings (SSSR count). The van der Waals surface area contributed by atoms with Gasteiger partial charge in [0, 0.05) is 11.6 Å². The van der Waals surface area contributed by atoms with Crippen LogP contribution in [0.2, 0.25) is 0 Å². The molecule has 20 heavy (non-hydrogen) atoms. The quantitative estimate of drug-likeness (QED) is 0.776. The fourth-order valence-electron chi connectivity index (χ4n) is 1.79. The molecule has 0 bridgehead atoms. The maximum atomic E-state index is 11.5. The van der Waals surface area contributed by atoms with Gasteiger partial charge in [0.15, 0.2) is 9.84 Å². The molecule has 3 nitrogen and oxygen atoms in total. The molecule has 2 aromatic rings. The van der Waals surface area contributed by atoms with Gasteiger partial charge in [-0.3, -0.25) is 0 Å². The summed E-state index contributed by atoms with van der Waals surface area (Å²) in [4.78, 5) is 0.254. The van der Waals surface area contributed by atoms with Crippen molar-refractivity contribution in [3.05, 3.63) is 53.6 Å². The van der Waals surface area contributed by atoms with Crippen molar-refractivity contribution >= 4 is 25.8 Å². The second-order valence-electron chi connectivity index (χ2n) is 4.57. The van der Waals surface area contributed by atoms with Gasteiger partial charge in [0.1, 0.15) is 11.5 Å². The molecule has 0 aliphatic carbocycles. The second kappa shape index (κ2) is 5.97. The van der Waals surface area contributed by atoms with Gasteiger partial charge < -0.3 is 4.74 Å². The summed E-state index contributed by atoms with van der Waals surface area (Å²) in [5.74, 6) is 1.21. The van der Waals surface area contributed by atoms with Gasteiger partial charge in [0.05, 0.1) is 4.90 Å². The van der Waals surface area contributed by atoms with Gasteiger partial charge in [-0.25, -0.2) is 8.42 Å². The standard InChI is InChI=1S/C15H15BrO3S/c1-11-8-14(7-6-12(11)10-16)19-13-4-3-5-15(9-13)20(2,17)18/h3-9H,10H2,1-2H3. The van der Waals surface area contributed by atoms with E-state index in [1.165, 1.54) is 17.9 Å². The molecule has 0 amide bonds. The van der Waals surface area contributed by atoms with E-state index in [0.29, 0.717) is 11.5 Å². The zero-order valence-corrected chi connectivity index (χ0v) is 13.7. The maximum Gasteiger partial charge on any atom is 0.175 e. The van der Waals surface area contributed by atoms with Gasteiger partial charge in [0.2, 0.25) is 0 Å². The van der Waals surface area contributed by atoms with Crippen molar-refractivity contribution in [3.8, 4) is 11.5 Å². The van der Waals surface area contributed by atoms with Gasteiger partial charge in [-0.1, -0.05) is 28.1 Å². The summed E-state index contributed by atoms with van der Waals surface area (Å²) >= 11 is 3.42. The molecule has 0 spiro atoms. The molecule has 0 saturated heterocycles. The minimum Gasteiger partial charge on any atom is -0.457 e. The Morgan fingerprint density at radius 2 is 1.80 bits per heavy atom. The first kappa shape index (κ1) is 15.1. The van der Waals surface area contributed by atoms with E-state index in [1.54, 1.807) is 18.2 Å². The highest BCUT2D eigenvalue weighted by Gasteiger charge is 2.08. The Morgan fingerprint density at radius 1 is 1.10 bits per heavy atom. The van der Waals surface area contributed by atoms with E-state index in [4.69, 9.17) is 4.74 Å². The molecule has 0 heterocycles. The average molecular weight is 355 g/mol. The van der Waals surface area contributed by atoms with Crippen LogP contribution in [0.15, 0.2) is 47.4 Å². The molecule has 2 aromatic carbocycles. The fraction of sp³-hybridized carbons (Fsp3) is 0.200. The van der Waals surface area contributed by atoms with Crippen LogP contribution >= 0.6 is 15.9 Å². The van der Waals surface area contributed by atoms with Crippen molar-refractivity contribution < 1.29 is 13.2 Å². The Morgan fingerprint density at radius 3 is 2.40 bits per heavy atom. The molecule has 106 valence electrons. The normalized spacial score (nSPS) is 11.3. The number of benzene rings is 2. The summed E-state index contributed by atoms with van der Waals surface area (Å²) in [6, 6.07) is 12.3. The summed E-state index contributed by atoms with van der Waals surface area (Å²) in [5, 5.41) is 0.794. The average Bonchev–Trinajstić information content (AvgIpc) is 2.38. The van der Waals surface area contributed by atoms with Gasteiger partial charge in [-0.2, -0.15) is 0 Å². The van der Waals surface area contributed by atoms with Crippen molar-refractivity contribution in [2.24, 2.45) is 0 Å². The SMILES string of the molecule is Cc1cc(Oc2cccc(S(C)(=O)=O)c2)ccc1CBr. The van der Waals surface area contributed by atoms with Crippen molar-refractivity contribution in [2.45, 2.75) is 17.1 Å². The van der Waals surface area contributed by atoms with Crippen molar-refractivity contribution in [1.82, 2.24) is 0 Å².